The molecule has 0 spiro atoms. The Labute approximate surface area is 283 Å². The molecule has 0 N–H and O–H groups in total. The monoisotopic (exact) mass is 638 g/mol. The summed E-state index contributed by atoms with van der Waals surface area (Å²) in [5.41, 5.74) is 6.99. The standard InChI is InChI=1S/C41H54N2O4/c1-7-21-43(22-8-2)33-15-13-31(14-16-33)32-27-38(36-19-17-34(44-23-9-3)29-40(36)46-25-11-5)42-39(28-32)37-20-18-35(45-24-10-4)30-41(37)47-26-12-6/h13-20,27-30H,7-12,21-26H2,1-6H3. The fourth-order valence-electron chi connectivity index (χ4n) is 5.46. The fourth-order valence-corrected chi connectivity index (χ4v) is 5.46. The highest BCUT2D eigenvalue weighted by molar-refractivity contribution is 5.81. The minimum Gasteiger partial charge on any atom is -0.493 e. The summed E-state index contributed by atoms with van der Waals surface area (Å²) in [4.78, 5) is 7.73. The van der Waals surface area contributed by atoms with E-state index in [0.29, 0.717) is 26.4 Å². The van der Waals surface area contributed by atoms with Crippen LogP contribution in [0.15, 0.2) is 72.8 Å². The third kappa shape index (κ3) is 9.90. The number of rotatable bonds is 20. The van der Waals surface area contributed by atoms with Crippen molar-refractivity contribution in [3.8, 4) is 56.6 Å². The summed E-state index contributed by atoms with van der Waals surface area (Å²) in [7, 11) is 0. The first-order valence-electron chi connectivity index (χ1n) is 17.7. The molecule has 0 unspecified atom stereocenters. The van der Waals surface area contributed by atoms with Crippen molar-refractivity contribution in [2.75, 3.05) is 44.4 Å². The molecule has 0 amide bonds. The van der Waals surface area contributed by atoms with Crippen molar-refractivity contribution in [1.82, 2.24) is 4.98 Å². The molecule has 6 nitrogen and oxygen atoms in total. The van der Waals surface area contributed by atoms with E-state index in [0.717, 1.165) is 108 Å². The summed E-state index contributed by atoms with van der Waals surface area (Å²) >= 11 is 0. The zero-order valence-corrected chi connectivity index (χ0v) is 29.4. The van der Waals surface area contributed by atoms with Gasteiger partial charge < -0.3 is 23.8 Å². The van der Waals surface area contributed by atoms with Crippen molar-refractivity contribution in [3.05, 3.63) is 72.8 Å². The van der Waals surface area contributed by atoms with Gasteiger partial charge in [0.05, 0.1) is 37.8 Å². The number of aromatic nitrogens is 1. The number of hydrogen-bond acceptors (Lipinski definition) is 6. The molecule has 0 bridgehead atoms. The van der Waals surface area contributed by atoms with Crippen LogP contribution in [-0.2, 0) is 0 Å². The highest BCUT2D eigenvalue weighted by Gasteiger charge is 2.17. The summed E-state index contributed by atoms with van der Waals surface area (Å²) in [5.74, 6) is 3.14. The van der Waals surface area contributed by atoms with Crippen molar-refractivity contribution < 1.29 is 18.9 Å². The second-order valence-corrected chi connectivity index (χ2v) is 11.9. The third-order valence-electron chi connectivity index (χ3n) is 7.71. The summed E-state index contributed by atoms with van der Waals surface area (Å²) < 4.78 is 24.6. The highest BCUT2D eigenvalue weighted by Crippen LogP contribution is 2.40. The van der Waals surface area contributed by atoms with E-state index in [-0.39, 0.29) is 0 Å². The lowest BCUT2D eigenvalue weighted by molar-refractivity contribution is 0.302. The molecule has 4 rings (SSSR count). The van der Waals surface area contributed by atoms with E-state index < -0.39 is 0 Å². The van der Waals surface area contributed by atoms with Gasteiger partial charge in [0.1, 0.15) is 23.0 Å². The van der Waals surface area contributed by atoms with Crippen LogP contribution in [0.3, 0.4) is 0 Å². The van der Waals surface area contributed by atoms with Gasteiger partial charge in [-0.15, -0.1) is 0 Å². The van der Waals surface area contributed by atoms with Crippen LogP contribution >= 0.6 is 0 Å². The van der Waals surface area contributed by atoms with Crippen LogP contribution in [0.4, 0.5) is 5.69 Å². The third-order valence-corrected chi connectivity index (χ3v) is 7.71. The van der Waals surface area contributed by atoms with E-state index in [1.807, 2.05) is 24.3 Å². The van der Waals surface area contributed by atoms with Crippen molar-refractivity contribution >= 4 is 5.69 Å². The van der Waals surface area contributed by atoms with Gasteiger partial charge in [0.15, 0.2) is 0 Å². The van der Waals surface area contributed by atoms with Crippen molar-refractivity contribution in [3.63, 3.8) is 0 Å². The van der Waals surface area contributed by atoms with Crippen LogP contribution in [0.1, 0.15) is 80.1 Å². The van der Waals surface area contributed by atoms with E-state index in [2.05, 4.69) is 95.0 Å². The van der Waals surface area contributed by atoms with Crippen LogP contribution in [0.25, 0.3) is 33.6 Å². The van der Waals surface area contributed by atoms with Crippen LogP contribution in [0, 0.1) is 0 Å². The normalized spacial score (nSPS) is 10.9. The predicted molar refractivity (Wildman–Crippen MR) is 196 cm³/mol. The predicted octanol–water partition coefficient (Wildman–Crippen LogP) is 10.9. The Morgan fingerprint density at radius 1 is 0.468 bits per heavy atom. The van der Waals surface area contributed by atoms with Gasteiger partial charge >= 0.3 is 0 Å². The molecule has 252 valence electrons. The number of benzene rings is 3. The smallest absolute Gasteiger partial charge is 0.132 e. The first-order valence-corrected chi connectivity index (χ1v) is 17.7. The SMILES string of the molecule is CCCOc1ccc(-c2cc(-c3ccc(N(CCC)CCC)cc3)cc(-c3ccc(OCCC)cc3OCCC)n2)c(OCCC)c1. The second-order valence-electron chi connectivity index (χ2n) is 11.9. The molecule has 0 atom stereocenters. The summed E-state index contributed by atoms with van der Waals surface area (Å²) in [6.07, 6.45) is 5.93. The molecule has 0 aliphatic rings. The second kappa shape index (κ2) is 18.8. The maximum atomic E-state index is 6.30. The molecule has 3 aromatic carbocycles. The lowest BCUT2D eigenvalue weighted by Crippen LogP contribution is -2.24. The molecular weight excluding hydrogens is 584 g/mol. The largest absolute Gasteiger partial charge is 0.493 e. The topological polar surface area (TPSA) is 53.1 Å². The van der Waals surface area contributed by atoms with E-state index >= 15 is 0 Å². The first kappa shape index (κ1) is 35.7. The molecule has 0 radical (unpaired) electrons. The molecule has 0 aliphatic heterocycles. The average Bonchev–Trinajstić information content (AvgIpc) is 3.11. The van der Waals surface area contributed by atoms with Crippen molar-refractivity contribution in [1.29, 1.82) is 0 Å². The molecule has 6 heteroatoms. The maximum absolute atomic E-state index is 6.30. The van der Waals surface area contributed by atoms with E-state index in [1.165, 1.54) is 5.69 Å². The minimum atomic E-state index is 0.610. The van der Waals surface area contributed by atoms with Gasteiger partial charge in [-0.05, 0) is 98.2 Å². The molecule has 0 aliphatic carbocycles. The zero-order chi connectivity index (χ0) is 33.4. The number of hydrogen-bond donors (Lipinski definition) is 0. The average molecular weight is 639 g/mol. The maximum Gasteiger partial charge on any atom is 0.132 e. The van der Waals surface area contributed by atoms with Crippen LogP contribution in [-0.4, -0.2) is 44.5 Å². The number of ether oxygens (including phenoxy) is 4. The Balaban J connectivity index is 1.88. The highest BCUT2D eigenvalue weighted by atomic mass is 16.5. The lowest BCUT2D eigenvalue weighted by Gasteiger charge is -2.24. The van der Waals surface area contributed by atoms with E-state index in [4.69, 9.17) is 23.9 Å². The molecule has 1 heterocycles. The van der Waals surface area contributed by atoms with Crippen LogP contribution in [0.5, 0.6) is 23.0 Å². The quantitative estimate of drug-likeness (QED) is 0.0960. The molecular formula is C41H54N2O4. The molecule has 0 fully saturated rings. The number of pyridine rings is 1. The molecule has 0 saturated carbocycles. The van der Waals surface area contributed by atoms with Gasteiger partial charge in [-0.25, -0.2) is 4.98 Å². The van der Waals surface area contributed by atoms with E-state index in [9.17, 15) is 0 Å². The zero-order valence-electron chi connectivity index (χ0n) is 29.4. The number of nitrogens with zero attached hydrogens (tertiary/aromatic N) is 2. The Hall–Kier alpha value is -4.19. The van der Waals surface area contributed by atoms with Crippen LogP contribution < -0.4 is 23.8 Å². The molecule has 1 aromatic heterocycles. The van der Waals surface area contributed by atoms with Gasteiger partial charge in [-0.3, -0.25) is 0 Å². The Morgan fingerprint density at radius 3 is 1.34 bits per heavy atom. The molecule has 4 aromatic rings. The van der Waals surface area contributed by atoms with Gasteiger partial charge in [0.25, 0.3) is 0 Å². The van der Waals surface area contributed by atoms with Gasteiger partial charge in [-0.1, -0.05) is 53.7 Å². The Kier molecular flexibility index (Phi) is 14.3. The molecule has 47 heavy (non-hydrogen) atoms. The number of anilines is 1. The summed E-state index contributed by atoms with van der Waals surface area (Å²) in [6.45, 7) is 17.6. The lowest BCUT2D eigenvalue weighted by atomic mass is 9.98. The van der Waals surface area contributed by atoms with Gasteiger partial charge in [0.2, 0.25) is 0 Å². The minimum absolute atomic E-state index is 0.610. The Bertz CT molecular complexity index is 1430. The van der Waals surface area contributed by atoms with Crippen molar-refractivity contribution in [2.45, 2.75) is 80.1 Å². The first-order chi connectivity index (χ1) is 23.0. The molecule has 0 saturated heterocycles. The van der Waals surface area contributed by atoms with Gasteiger partial charge in [0, 0.05) is 42.0 Å². The van der Waals surface area contributed by atoms with Crippen LogP contribution in [0.2, 0.25) is 0 Å². The van der Waals surface area contributed by atoms with Gasteiger partial charge in [-0.2, -0.15) is 0 Å². The summed E-state index contributed by atoms with van der Waals surface area (Å²) in [5, 5.41) is 0. The Morgan fingerprint density at radius 2 is 0.915 bits per heavy atom. The fraction of sp³-hybridized carbons (Fsp3) is 0.439. The van der Waals surface area contributed by atoms with Crippen molar-refractivity contribution in [2.24, 2.45) is 0 Å². The van der Waals surface area contributed by atoms with E-state index in [1.54, 1.807) is 0 Å². The summed E-state index contributed by atoms with van der Waals surface area (Å²) in [6, 6.07) is 25.4.